The van der Waals surface area contributed by atoms with Crippen LogP contribution in [0.25, 0.3) is 10.9 Å². The molecule has 27 heavy (non-hydrogen) atoms. The normalized spacial score (nSPS) is 11.0. The molecule has 0 aliphatic rings. The fraction of sp³-hybridized carbons (Fsp3) is 0.273. The van der Waals surface area contributed by atoms with Gasteiger partial charge < -0.3 is 14.0 Å². The summed E-state index contributed by atoms with van der Waals surface area (Å²) in [6, 6.07) is 14.3. The molecule has 0 spiro atoms. The lowest BCUT2D eigenvalue weighted by molar-refractivity contribution is 0.0527. The summed E-state index contributed by atoms with van der Waals surface area (Å²) in [4.78, 5) is 24.9. The molecule has 5 heteroatoms. The van der Waals surface area contributed by atoms with E-state index in [2.05, 4.69) is 18.4 Å². The van der Waals surface area contributed by atoms with Crippen molar-refractivity contribution in [3.63, 3.8) is 0 Å². The molecule has 0 fully saturated rings. The van der Waals surface area contributed by atoms with Crippen molar-refractivity contribution in [1.82, 2.24) is 4.57 Å². The van der Waals surface area contributed by atoms with Crippen LogP contribution in [0.15, 0.2) is 48.5 Å². The van der Waals surface area contributed by atoms with Crippen molar-refractivity contribution in [2.24, 2.45) is 0 Å². The number of ether oxygens (including phenoxy) is 2. The Morgan fingerprint density at radius 3 is 2.37 bits per heavy atom. The largest absolute Gasteiger partial charge is 0.462 e. The Morgan fingerprint density at radius 2 is 1.74 bits per heavy atom. The van der Waals surface area contributed by atoms with Crippen LogP contribution in [0, 0.1) is 6.92 Å². The summed E-state index contributed by atoms with van der Waals surface area (Å²) in [7, 11) is 0. The number of carbonyl (C=O) groups excluding carboxylic acids is 2. The summed E-state index contributed by atoms with van der Waals surface area (Å²) in [5, 5.41) is 0.720. The van der Waals surface area contributed by atoms with Crippen LogP contribution in [0.1, 0.15) is 53.2 Å². The molecule has 0 unspecified atom stereocenters. The molecule has 3 rings (SSSR count). The molecule has 0 bridgehead atoms. The van der Waals surface area contributed by atoms with Crippen LogP contribution in [-0.2, 0) is 4.74 Å². The predicted octanol–water partition coefficient (Wildman–Crippen LogP) is 4.93. The van der Waals surface area contributed by atoms with Crippen molar-refractivity contribution < 1.29 is 19.1 Å². The summed E-state index contributed by atoms with van der Waals surface area (Å²) in [6.07, 6.45) is 0. The average Bonchev–Trinajstić information content (AvgIpc) is 2.94. The zero-order chi connectivity index (χ0) is 19.6. The van der Waals surface area contributed by atoms with Gasteiger partial charge in [-0.25, -0.2) is 9.59 Å². The van der Waals surface area contributed by atoms with Crippen molar-refractivity contribution in [3.05, 3.63) is 65.4 Å². The van der Waals surface area contributed by atoms with E-state index in [0.29, 0.717) is 23.5 Å². The quantitative estimate of drug-likeness (QED) is 0.475. The van der Waals surface area contributed by atoms with E-state index in [-0.39, 0.29) is 12.0 Å². The van der Waals surface area contributed by atoms with Gasteiger partial charge in [0.05, 0.1) is 17.7 Å². The smallest absolute Gasteiger partial charge is 0.343 e. The average molecular weight is 365 g/mol. The Kier molecular flexibility index (Phi) is 5.31. The molecule has 0 radical (unpaired) electrons. The molecule has 0 N–H and O–H groups in total. The standard InChI is InChI=1S/C22H23NO4/c1-5-26-22(25)20-15(4)23(14(2)3)19-12-11-17(13-18(19)20)27-21(24)16-9-7-6-8-10-16/h6-14H,5H2,1-4H3. The van der Waals surface area contributed by atoms with E-state index in [0.717, 1.165) is 16.6 Å². The van der Waals surface area contributed by atoms with Gasteiger partial charge in [0.25, 0.3) is 0 Å². The first-order valence-electron chi connectivity index (χ1n) is 9.03. The number of hydrogen-bond donors (Lipinski definition) is 0. The lowest BCUT2D eigenvalue weighted by Crippen LogP contribution is -2.08. The Labute approximate surface area is 158 Å². The number of rotatable bonds is 5. The van der Waals surface area contributed by atoms with Crippen LogP contribution in [0.3, 0.4) is 0 Å². The van der Waals surface area contributed by atoms with Crippen LogP contribution in [-0.4, -0.2) is 23.1 Å². The molecule has 0 saturated carbocycles. The summed E-state index contributed by atoms with van der Waals surface area (Å²) >= 11 is 0. The van der Waals surface area contributed by atoms with Crippen LogP contribution in [0.4, 0.5) is 0 Å². The van der Waals surface area contributed by atoms with E-state index in [4.69, 9.17) is 9.47 Å². The minimum atomic E-state index is -0.437. The molecule has 1 aromatic heterocycles. The molecule has 1 heterocycles. The van der Waals surface area contributed by atoms with E-state index in [1.165, 1.54) is 0 Å². The second-order valence-electron chi connectivity index (χ2n) is 6.58. The summed E-state index contributed by atoms with van der Waals surface area (Å²) in [5.41, 5.74) is 2.73. The molecule has 0 atom stereocenters. The molecule has 0 amide bonds. The first-order chi connectivity index (χ1) is 12.9. The van der Waals surface area contributed by atoms with Gasteiger partial charge in [0.2, 0.25) is 0 Å². The Bertz CT molecular complexity index is 986. The van der Waals surface area contributed by atoms with Gasteiger partial charge in [0, 0.05) is 22.6 Å². The van der Waals surface area contributed by atoms with Crippen LogP contribution >= 0.6 is 0 Å². The zero-order valence-electron chi connectivity index (χ0n) is 16.0. The summed E-state index contributed by atoms with van der Waals surface area (Å²) < 4.78 is 12.8. The van der Waals surface area contributed by atoms with Gasteiger partial charge in [-0.2, -0.15) is 0 Å². The molecular weight excluding hydrogens is 342 g/mol. The highest BCUT2D eigenvalue weighted by atomic mass is 16.5. The third-order valence-corrected chi connectivity index (χ3v) is 4.44. The molecule has 0 aliphatic heterocycles. The molecule has 5 nitrogen and oxygen atoms in total. The maximum atomic E-state index is 12.5. The second kappa shape index (κ2) is 7.66. The first kappa shape index (κ1) is 18.7. The van der Waals surface area contributed by atoms with Gasteiger partial charge >= 0.3 is 11.9 Å². The number of aromatic nitrogens is 1. The highest BCUT2D eigenvalue weighted by molar-refractivity contribution is 6.06. The van der Waals surface area contributed by atoms with Crippen molar-refractivity contribution in [2.75, 3.05) is 6.61 Å². The SMILES string of the molecule is CCOC(=O)c1c(C)n(C(C)C)c2ccc(OC(=O)c3ccccc3)cc12. The van der Waals surface area contributed by atoms with Crippen molar-refractivity contribution in [2.45, 2.75) is 33.7 Å². The third-order valence-electron chi connectivity index (χ3n) is 4.44. The van der Waals surface area contributed by atoms with Crippen LogP contribution in [0.5, 0.6) is 5.75 Å². The Morgan fingerprint density at radius 1 is 1.04 bits per heavy atom. The summed E-state index contributed by atoms with van der Waals surface area (Å²) in [5.74, 6) is -0.415. The maximum Gasteiger partial charge on any atom is 0.343 e. The van der Waals surface area contributed by atoms with Gasteiger partial charge in [-0.1, -0.05) is 18.2 Å². The lowest BCUT2D eigenvalue weighted by atomic mass is 10.1. The number of nitrogens with zero attached hydrogens (tertiary/aromatic N) is 1. The van der Waals surface area contributed by atoms with Gasteiger partial charge in [-0.3, -0.25) is 0 Å². The number of carbonyl (C=O) groups is 2. The van der Waals surface area contributed by atoms with Crippen molar-refractivity contribution in [1.29, 1.82) is 0 Å². The predicted molar refractivity (Wildman–Crippen MR) is 104 cm³/mol. The van der Waals surface area contributed by atoms with E-state index in [9.17, 15) is 9.59 Å². The van der Waals surface area contributed by atoms with Crippen molar-refractivity contribution in [3.8, 4) is 5.75 Å². The van der Waals surface area contributed by atoms with E-state index in [1.807, 2.05) is 19.1 Å². The lowest BCUT2D eigenvalue weighted by Gasteiger charge is -2.12. The summed E-state index contributed by atoms with van der Waals surface area (Å²) in [6.45, 7) is 8.11. The highest BCUT2D eigenvalue weighted by Crippen LogP contribution is 2.32. The Balaban J connectivity index is 2.06. The van der Waals surface area contributed by atoms with Crippen molar-refractivity contribution >= 4 is 22.8 Å². The fourth-order valence-corrected chi connectivity index (χ4v) is 3.35. The number of esters is 2. The van der Waals surface area contributed by atoms with Gasteiger partial charge in [0.15, 0.2) is 0 Å². The fourth-order valence-electron chi connectivity index (χ4n) is 3.35. The number of benzene rings is 2. The second-order valence-corrected chi connectivity index (χ2v) is 6.58. The number of fused-ring (bicyclic) bond motifs is 1. The van der Waals surface area contributed by atoms with Gasteiger partial charge in [0.1, 0.15) is 5.75 Å². The molecule has 0 saturated heterocycles. The molecule has 0 aliphatic carbocycles. The monoisotopic (exact) mass is 365 g/mol. The van der Waals surface area contributed by atoms with E-state index >= 15 is 0 Å². The van der Waals surface area contributed by atoms with Gasteiger partial charge in [-0.15, -0.1) is 0 Å². The highest BCUT2D eigenvalue weighted by Gasteiger charge is 2.23. The van der Waals surface area contributed by atoms with E-state index in [1.54, 1.807) is 43.3 Å². The van der Waals surface area contributed by atoms with E-state index < -0.39 is 5.97 Å². The third kappa shape index (κ3) is 3.58. The molecule has 140 valence electrons. The minimum Gasteiger partial charge on any atom is -0.462 e. The van der Waals surface area contributed by atoms with Gasteiger partial charge in [-0.05, 0) is 58.0 Å². The topological polar surface area (TPSA) is 57.5 Å². The zero-order valence-corrected chi connectivity index (χ0v) is 16.0. The molecular formula is C22H23NO4. The van der Waals surface area contributed by atoms with Crippen LogP contribution in [0.2, 0.25) is 0 Å². The maximum absolute atomic E-state index is 12.5. The minimum absolute atomic E-state index is 0.174. The Hall–Kier alpha value is -3.08. The first-order valence-corrected chi connectivity index (χ1v) is 9.03. The van der Waals surface area contributed by atoms with Crippen LogP contribution < -0.4 is 4.74 Å². The molecule has 3 aromatic rings. The number of hydrogen-bond acceptors (Lipinski definition) is 4. The molecule has 2 aromatic carbocycles.